The van der Waals surface area contributed by atoms with Gasteiger partial charge in [-0.05, 0) is 43.4 Å². The summed E-state index contributed by atoms with van der Waals surface area (Å²) in [6.07, 6.45) is 6.68. The molecule has 3 rings (SSSR count). The lowest BCUT2D eigenvalue weighted by molar-refractivity contribution is -0.113. The lowest BCUT2D eigenvalue weighted by atomic mass is 10.1. The average Bonchev–Trinajstić information content (AvgIpc) is 2.79. The molecule has 134 valence electrons. The third kappa shape index (κ3) is 4.06. The number of hydrogen-bond donors (Lipinski definition) is 2. The Labute approximate surface area is 159 Å². The maximum Gasteiger partial charge on any atom is 0.338 e. The van der Waals surface area contributed by atoms with Gasteiger partial charge in [-0.2, -0.15) is 5.26 Å². The topological polar surface area (TPSA) is 103 Å². The fourth-order valence-corrected chi connectivity index (χ4v) is 4.96. The molecule has 0 saturated carbocycles. The van der Waals surface area contributed by atoms with E-state index in [1.54, 1.807) is 6.07 Å². The van der Waals surface area contributed by atoms with Gasteiger partial charge in [0.05, 0.1) is 16.9 Å². The number of anilines is 1. The molecule has 1 amide bonds. The van der Waals surface area contributed by atoms with E-state index < -0.39 is 5.97 Å². The number of aryl methyl sites for hydroxylation is 1. The number of carbonyl (C=O) groups excluding carboxylic acids is 1. The van der Waals surface area contributed by atoms with Crippen molar-refractivity contribution < 1.29 is 14.7 Å². The number of nitrogens with zero attached hydrogens (tertiary/aromatic N) is 2. The summed E-state index contributed by atoms with van der Waals surface area (Å²) in [7, 11) is 0. The third-order valence-electron chi connectivity index (χ3n) is 4.13. The first-order chi connectivity index (χ1) is 12.6. The highest BCUT2D eigenvalue weighted by Crippen LogP contribution is 2.37. The van der Waals surface area contributed by atoms with E-state index in [9.17, 15) is 14.9 Å². The summed E-state index contributed by atoms with van der Waals surface area (Å²) in [5, 5.41) is 22.4. The lowest BCUT2D eigenvalue weighted by Crippen LogP contribution is -2.14. The molecule has 0 aromatic carbocycles. The normalized spacial score (nSPS) is 13.3. The number of thioether (sulfide) groups is 1. The molecule has 1 aliphatic rings. The number of nitrogens with one attached hydrogen (secondary N) is 1. The quantitative estimate of drug-likeness (QED) is 0.599. The van der Waals surface area contributed by atoms with Gasteiger partial charge in [0.25, 0.3) is 0 Å². The highest BCUT2D eigenvalue weighted by molar-refractivity contribution is 8.00. The Morgan fingerprint density at radius 2 is 2.15 bits per heavy atom. The van der Waals surface area contributed by atoms with E-state index in [0.717, 1.165) is 43.0 Å². The van der Waals surface area contributed by atoms with Gasteiger partial charge in [0.2, 0.25) is 5.91 Å². The molecule has 2 aromatic rings. The summed E-state index contributed by atoms with van der Waals surface area (Å²) in [5.41, 5.74) is 1.73. The molecule has 1 aliphatic carbocycles. The van der Waals surface area contributed by atoms with Crippen LogP contribution in [0.25, 0.3) is 0 Å². The number of carbonyl (C=O) groups is 2. The van der Waals surface area contributed by atoms with Crippen molar-refractivity contribution in [1.82, 2.24) is 4.98 Å². The second-order valence-corrected chi connectivity index (χ2v) is 7.95. The van der Waals surface area contributed by atoms with Crippen LogP contribution in [0.2, 0.25) is 0 Å². The zero-order valence-electron chi connectivity index (χ0n) is 13.9. The predicted octanol–water partition coefficient (Wildman–Crippen LogP) is 3.71. The number of carboxylic acid groups (broad SMARTS) is 1. The van der Waals surface area contributed by atoms with Crippen LogP contribution in [-0.2, 0) is 17.6 Å². The first-order valence-corrected chi connectivity index (χ1v) is 10.1. The number of aromatic nitrogens is 1. The Bertz CT molecular complexity index is 886. The fourth-order valence-electron chi connectivity index (χ4n) is 2.91. The van der Waals surface area contributed by atoms with Crippen molar-refractivity contribution in [3.8, 4) is 6.07 Å². The molecule has 0 aliphatic heterocycles. The number of amides is 1. The van der Waals surface area contributed by atoms with Crippen molar-refractivity contribution in [3.05, 3.63) is 39.9 Å². The first kappa shape index (κ1) is 18.4. The predicted molar refractivity (Wildman–Crippen MR) is 101 cm³/mol. The molecular weight excluding hydrogens is 370 g/mol. The molecule has 2 aromatic heterocycles. The lowest BCUT2D eigenvalue weighted by Gasteiger charge is -2.05. The third-order valence-corrected chi connectivity index (χ3v) is 6.34. The second kappa shape index (κ2) is 8.34. The average molecular weight is 387 g/mol. The molecule has 8 heteroatoms. The molecule has 0 atom stereocenters. The van der Waals surface area contributed by atoms with Crippen molar-refractivity contribution in [2.24, 2.45) is 0 Å². The van der Waals surface area contributed by atoms with Crippen LogP contribution in [0.4, 0.5) is 5.00 Å². The number of thiophene rings is 1. The van der Waals surface area contributed by atoms with Crippen LogP contribution >= 0.6 is 23.1 Å². The van der Waals surface area contributed by atoms with Gasteiger partial charge in [0, 0.05) is 11.1 Å². The largest absolute Gasteiger partial charge is 0.478 e. The second-order valence-electron chi connectivity index (χ2n) is 5.88. The Morgan fingerprint density at radius 1 is 1.35 bits per heavy atom. The molecule has 0 radical (unpaired) electrons. The van der Waals surface area contributed by atoms with Crippen LogP contribution in [-0.4, -0.2) is 27.7 Å². The monoisotopic (exact) mass is 387 g/mol. The van der Waals surface area contributed by atoms with Gasteiger partial charge < -0.3 is 10.4 Å². The number of nitriles is 1. The van der Waals surface area contributed by atoms with Crippen LogP contribution in [0, 0.1) is 11.3 Å². The zero-order valence-corrected chi connectivity index (χ0v) is 15.6. The summed E-state index contributed by atoms with van der Waals surface area (Å²) in [4.78, 5) is 28.7. The molecule has 0 bridgehead atoms. The standard InChI is InChI=1S/C18H17N3O3S2/c19-9-13-11-5-2-1-3-7-14(11)26-17(13)21-15(22)10-25-16-12(18(23)24)6-4-8-20-16/h4,6,8H,1-3,5,7,10H2,(H,21,22)(H,23,24). The number of rotatable bonds is 5. The highest BCUT2D eigenvalue weighted by atomic mass is 32.2. The highest BCUT2D eigenvalue weighted by Gasteiger charge is 2.21. The van der Waals surface area contributed by atoms with E-state index in [2.05, 4.69) is 16.4 Å². The van der Waals surface area contributed by atoms with E-state index >= 15 is 0 Å². The number of carboxylic acids is 1. The summed E-state index contributed by atoms with van der Waals surface area (Å²) >= 11 is 2.56. The summed E-state index contributed by atoms with van der Waals surface area (Å²) in [6.45, 7) is 0. The maximum absolute atomic E-state index is 12.3. The van der Waals surface area contributed by atoms with Crippen molar-refractivity contribution in [3.63, 3.8) is 0 Å². The number of aromatic carboxylic acids is 1. The van der Waals surface area contributed by atoms with Crippen molar-refractivity contribution in [2.45, 2.75) is 37.1 Å². The fraction of sp³-hybridized carbons (Fsp3) is 0.333. The van der Waals surface area contributed by atoms with Gasteiger partial charge in [0.15, 0.2) is 0 Å². The molecule has 0 saturated heterocycles. The van der Waals surface area contributed by atoms with Crippen LogP contribution in [0.15, 0.2) is 23.4 Å². The smallest absolute Gasteiger partial charge is 0.338 e. The summed E-state index contributed by atoms with van der Waals surface area (Å²) < 4.78 is 0. The van der Waals surface area contributed by atoms with Crippen molar-refractivity contribution in [1.29, 1.82) is 5.26 Å². The maximum atomic E-state index is 12.3. The Hall–Kier alpha value is -2.37. The van der Waals surface area contributed by atoms with Crippen LogP contribution in [0.1, 0.15) is 45.6 Å². The van der Waals surface area contributed by atoms with E-state index in [4.69, 9.17) is 5.11 Å². The first-order valence-electron chi connectivity index (χ1n) is 8.25. The van der Waals surface area contributed by atoms with E-state index in [0.29, 0.717) is 15.6 Å². The van der Waals surface area contributed by atoms with Crippen LogP contribution in [0.3, 0.4) is 0 Å². The zero-order chi connectivity index (χ0) is 18.5. The molecule has 26 heavy (non-hydrogen) atoms. The minimum atomic E-state index is -1.07. The molecule has 6 nitrogen and oxygen atoms in total. The molecule has 2 heterocycles. The van der Waals surface area contributed by atoms with Gasteiger partial charge in [-0.25, -0.2) is 9.78 Å². The van der Waals surface area contributed by atoms with Crippen molar-refractivity contribution in [2.75, 3.05) is 11.1 Å². The number of hydrogen-bond acceptors (Lipinski definition) is 6. The minimum absolute atomic E-state index is 0.0325. The molecular formula is C18H17N3O3S2. The van der Waals surface area contributed by atoms with Gasteiger partial charge in [0.1, 0.15) is 16.1 Å². The van der Waals surface area contributed by atoms with Crippen LogP contribution < -0.4 is 5.32 Å². The Kier molecular flexibility index (Phi) is 5.91. The van der Waals surface area contributed by atoms with Gasteiger partial charge >= 0.3 is 5.97 Å². The molecule has 2 N–H and O–H groups in total. The number of fused-ring (bicyclic) bond motifs is 1. The van der Waals surface area contributed by atoms with Gasteiger partial charge in [-0.15, -0.1) is 11.3 Å². The van der Waals surface area contributed by atoms with Crippen molar-refractivity contribution >= 4 is 40.0 Å². The van der Waals surface area contributed by atoms with Gasteiger partial charge in [-0.1, -0.05) is 18.2 Å². The van der Waals surface area contributed by atoms with E-state index in [-0.39, 0.29) is 17.2 Å². The SMILES string of the molecule is N#Cc1c(NC(=O)CSc2ncccc2C(=O)O)sc2c1CCCCC2. The minimum Gasteiger partial charge on any atom is -0.478 e. The molecule has 0 spiro atoms. The van der Waals surface area contributed by atoms with Gasteiger partial charge in [-0.3, -0.25) is 4.79 Å². The number of pyridine rings is 1. The Balaban J connectivity index is 1.70. The summed E-state index contributed by atoms with van der Waals surface area (Å²) in [6, 6.07) is 5.24. The molecule has 0 fully saturated rings. The van der Waals surface area contributed by atoms with E-state index in [1.165, 1.54) is 34.9 Å². The summed E-state index contributed by atoms with van der Waals surface area (Å²) in [5.74, 6) is -1.32. The van der Waals surface area contributed by atoms with Crippen LogP contribution in [0.5, 0.6) is 0 Å². The van der Waals surface area contributed by atoms with E-state index in [1.807, 2.05) is 0 Å². The molecule has 0 unspecified atom stereocenters. The Morgan fingerprint density at radius 3 is 2.92 bits per heavy atom.